The zero-order chi connectivity index (χ0) is 14.5. The van der Waals surface area contributed by atoms with E-state index in [-0.39, 0.29) is 6.04 Å². The van der Waals surface area contributed by atoms with Crippen LogP contribution in [0.25, 0.3) is 0 Å². The Morgan fingerprint density at radius 3 is 2.80 bits per heavy atom. The molecule has 1 heterocycles. The average Bonchev–Trinajstić information content (AvgIpc) is 2.82. The van der Waals surface area contributed by atoms with E-state index in [0.717, 1.165) is 30.2 Å². The molecule has 0 amide bonds. The minimum Gasteiger partial charge on any atom is -0.335 e. The van der Waals surface area contributed by atoms with Gasteiger partial charge in [-0.15, -0.1) is 0 Å². The van der Waals surface area contributed by atoms with Crippen LogP contribution in [0.4, 0.5) is 0 Å². The summed E-state index contributed by atoms with van der Waals surface area (Å²) in [6.07, 6.45) is 5.91. The van der Waals surface area contributed by atoms with Gasteiger partial charge in [0.1, 0.15) is 5.82 Å². The van der Waals surface area contributed by atoms with Gasteiger partial charge in [0.25, 0.3) is 0 Å². The summed E-state index contributed by atoms with van der Waals surface area (Å²) in [7, 11) is 1.98. The zero-order valence-corrected chi connectivity index (χ0v) is 13.1. The van der Waals surface area contributed by atoms with Crippen LogP contribution in [0.1, 0.15) is 36.3 Å². The van der Waals surface area contributed by atoms with Crippen LogP contribution in [0.3, 0.4) is 0 Å². The van der Waals surface area contributed by atoms with Gasteiger partial charge in [0.15, 0.2) is 0 Å². The molecule has 1 aromatic heterocycles. The highest BCUT2D eigenvalue weighted by Gasteiger charge is 2.14. The van der Waals surface area contributed by atoms with Gasteiger partial charge in [-0.05, 0) is 43.7 Å². The summed E-state index contributed by atoms with van der Waals surface area (Å²) >= 11 is 6.17. The normalized spacial score (nSPS) is 12.6. The van der Waals surface area contributed by atoms with Crippen molar-refractivity contribution in [1.29, 1.82) is 0 Å². The van der Waals surface area contributed by atoms with Crippen molar-refractivity contribution in [2.45, 2.75) is 39.3 Å². The summed E-state index contributed by atoms with van der Waals surface area (Å²) in [6.45, 7) is 5.26. The van der Waals surface area contributed by atoms with Crippen molar-refractivity contribution < 1.29 is 0 Å². The van der Waals surface area contributed by atoms with Gasteiger partial charge in [-0.25, -0.2) is 4.98 Å². The number of likely N-dealkylation sites (N-methyl/N-ethyl adjacent to an activating group) is 1. The van der Waals surface area contributed by atoms with E-state index in [1.54, 1.807) is 0 Å². The van der Waals surface area contributed by atoms with Crippen molar-refractivity contribution in [3.63, 3.8) is 0 Å². The molecule has 108 valence electrons. The first-order chi connectivity index (χ1) is 9.63. The van der Waals surface area contributed by atoms with Gasteiger partial charge >= 0.3 is 0 Å². The molecule has 0 aliphatic carbocycles. The number of nitrogens with one attached hydrogen (secondary N) is 1. The third-order valence-electron chi connectivity index (χ3n) is 3.47. The topological polar surface area (TPSA) is 29.9 Å². The first-order valence-corrected chi connectivity index (χ1v) is 7.46. The molecule has 0 bridgehead atoms. The predicted octanol–water partition coefficient (Wildman–Crippen LogP) is 3.76. The second-order valence-corrected chi connectivity index (χ2v) is 5.58. The van der Waals surface area contributed by atoms with Gasteiger partial charge in [-0.3, -0.25) is 0 Å². The maximum absolute atomic E-state index is 6.17. The minimum atomic E-state index is 0.227. The Hall–Kier alpha value is -1.32. The number of hydrogen-bond acceptors (Lipinski definition) is 2. The number of rotatable bonds is 6. The van der Waals surface area contributed by atoms with E-state index in [1.807, 2.05) is 25.4 Å². The molecule has 2 aromatic rings. The van der Waals surface area contributed by atoms with E-state index in [9.17, 15) is 0 Å². The molecule has 0 aliphatic heterocycles. The van der Waals surface area contributed by atoms with E-state index >= 15 is 0 Å². The van der Waals surface area contributed by atoms with Crippen LogP contribution in [0, 0.1) is 6.92 Å². The lowest BCUT2D eigenvalue weighted by atomic mass is 10.0. The molecule has 3 nitrogen and oxygen atoms in total. The number of nitrogens with zero attached hydrogens (tertiary/aromatic N) is 2. The highest BCUT2D eigenvalue weighted by atomic mass is 35.5. The first kappa shape index (κ1) is 15.1. The molecule has 1 N–H and O–H groups in total. The number of aromatic nitrogens is 2. The minimum absolute atomic E-state index is 0.227. The van der Waals surface area contributed by atoms with Gasteiger partial charge in [0.2, 0.25) is 0 Å². The van der Waals surface area contributed by atoms with E-state index in [1.165, 1.54) is 11.1 Å². The Kier molecular flexibility index (Phi) is 5.21. The summed E-state index contributed by atoms with van der Waals surface area (Å²) in [6, 6.07) is 6.42. The van der Waals surface area contributed by atoms with Crippen LogP contribution < -0.4 is 5.32 Å². The Balaban J connectivity index is 2.22. The summed E-state index contributed by atoms with van der Waals surface area (Å²) in [5.41, 5.74) is 2.40. The third kappa shape index (κ3) is 3.62. The molecule has 1 atom stereocenters. The molecule has 0 spiro atoms. The van der Waals surface area contributed by atoms with Crippen LogP contribution in [0.2, 0.25) is 5.02 Å². The Bertz CT molecular complexity index is 542. The maximum atomic E-state index is 6.17. The van der Waals surface area contributed by atoms with E-state index < -0.39 is 0 Å². The number of aryl methyl sites for hydroxylation is 2. The summed E-state index contributed by atoms with van der Waals surface area (Å²) < 4.78 is 2.22. The lowest BCUT2D eigenvalue weighted by Gasteiger charge is -2.18. The van der Waals surface area contributed by atoms with Gasteiger partial charge in [-0.2, -0.15) is 0 Å². The Labute approximate surface area is 126 Å². The lowest BCUT2D eigenvalue weighted by Crippen LogP contribution is -2.21. The fourth-order valence-corrected chi connectivity index (χ4v) is 2.81. The summed E-state index contributed by atoms with van der Waals surface area (Å²) in [5.74, 6) is 1.11. The van der Waals surface area contributed by atoms with E-state index in [2.05, 4.69) is 41.0 Å². The van der Waals surface area contributed by atoms with Crippen molar-refractivity contribution in [3.05, 3.63) is 52.6 Å². The molecule has 0 fully saturated rings. The van der Waals surface area contributed by atoms with Crippen LogP contribution in [-0.2, 0) is 13.0 Å². The SMILES string of the molecule is CCCn1ccnc1CC(NC)c1cc(C)cc(Cl)c1. The first-order valence-electron chi connectivity index (χ1n) is 7.08. The van der Waals surface area contributed by atoms with Gasteiger partial charge < -0.3 is 9.88 Å². The molecule has 0 radical (unpaired) electrons. The molecule has 2 rings (SSSR count). The van der Waals surface area contributed by atoms with Crippen molar-refractivity contribution in [1.82, 2.24) is 14.9 Å². The smallest absolute Gasteiger partial charge is 0.110 e. The van der Waals surface area contributed by atoms with Gasteiger partial charge in [0.05, 0.1) is 0 Å². The van der Waals surface area contributed by atoms with Crippen LogP contribution in [0.5, 0.6) is 0 Å². The zero-order valence-electron chi connectivity index (χ0n) is 12.4. The third-order valence-corrected chi connectivity index (χ3v) is 3.69. The van der Waals surface area contributed by atoms with Gasteiger partial charge in [0, 0.05) is 36.4 Å². The molecular weight excluding hydrogens is 270 g/mol. The quantitative estimate of drug-likeness (QED) is 0.878. The largest absolute Gasteiger partial charge is 0.335 e. The lowest BCUT2D eigenvalue weighted by molar-refractivity contribution is 0.543. The standard InChI is InChI=1S/C16H22ClN3/c1-4-6-20-7-5-19-16(20)11-15(18-3)13-8-12(2)9-14(17)10-13/h5,7-10,15,18H,4,6,11H2,1-3H3. The second kappa shape index (κ2) is 6.91. The fraction of sp³-hybridized carbons (Fsp3) is 0.438. The fourth-order valence-electron chi connectivity index (χ4n) is 2.51. The number of halogens is 1. The van der Waals surface area contributed by atoms with Crippen molar-refractivity contribution in [2.24, 2.45) is 0 Å². The highest BCUT2D eigenvalue weighted by molar-refractivity contribution is 6.30. The summed E-state index contributed by atoms with van der Waals surface area (Å²) in [4.78, 5) is 4.48. The Morgan fingerprint density at radius 1 is 1.35 bits per heavy atom. The van der Waals surface area contributed by atoms with Crippen LogP contribution in [-0.4, -0.2) is 16.6 Å². The molecular formula is C16H22ClN3. The van der Waals surface area contributed by atoms with Gasteiger partial charge in [-0.1, -0.05) is 24.6 Å². The second-order valence-electron chi connectivity index (χ2n) is 5.14. The summed E-state index contributed by atoms with van der Waals surface area (Å²) in [5, 5.41) is 4.16. The van der Waals surface area contributed by atoms with Crippen molar-refractivity contribution in [3.8, 4) is 0 Å². The molecule has 0 saturated heterocycles. The molecule has 1 aromatic carbocycles. The van der Waals surface area contributed by atoms with E-state index in [4.69, 9.17) is 11.6 Å². The van der Waals surface area contributed by atoms with Crippen LogP contribution in [0.15, 0.2) is 30.6 Å². The van der Waals surface area contributed by atoms with E-state index in [0.29, 0.717) is 0 Å². The average molecular weight is 292 g/mol. The molecule has 4 heteroatoms. The monoisotopic (exact) mass is 291 g/mol. The number of hydrogen-bond donors (Lipinski definition) is 1. The molecule has 0 saturated carbocycles. The van der Waals surface area contributed by atoms with Crippen molar-refractivity contribution in [2.75, 3.05) is 7.05 Å². The maximum Gasteiger partial charge on any atom is 0.110 e. The number of benzene rings is 1. The number of imidazole rings is 1. The molecule has 20 heavy (non-hydrogen) atoms. The highest BCUT2D eigenvalue weighted by Crippen LogP contribution is 2.23. The predicted molar refractivity (Wildman–Crippen MR) is 84.2 cm³/mol. The van der Waals surface area contributed by atoms with Crippen molar-refractivity contribution >= 4 is 11.6 Å². The van der Waals surface area contributed by atoms with Crippen LogP contribution >= 0.6 is 11.6 Å². The Morgan fingerprint density at radius 2 is 2.15 bits per heavy atom. The molecule has 0 aliphatic rings. The molecule has 1 unspecified atom stereocenters.